The second kappa shape index (κ2) is 8.96. The number of hydrogen-bond acceptors (Lipinski definition) is 3. The van der Waals surface area contributed by atoms with Crippen molar-refractivity contribution in [3.63, 3.8) is 0 Å². The van der Waals surface area contributed by atoms with Gasteiger partial charge in [-0.1, -0.05) is 6.07 Å². The minimum absolute atomic E-state index is 0.212. The summed E-state index contributed by atoms with van der Waals surface area (Å²) in [5.41, 5.74) is 5.67. The number of alkyl halides is 3. The van der Waals surface area contributed by atoms with E-state index >= 15 is 0 Å². The lowest BCUT2D eigenvalue weighted by Gasteiger charge is -2.13. The SMILES string of the molecule is Cc1cc(Nc2cccc(C(F)(F)F)c2)nc2ccc(NC(=O)c3ccc4c(c3)c(C)c(C)n4C)cc12. The zero-order valence-corrected chi connectivity index (χ0v) is 20.8. The summed E-state index contributed by atoms with van der Waals surface area (Å²) in [6.07, 6.45) is -4.42. The van der Waals surface area contributed by atoms with Crippen LogP contribution < -0.4 is 10.6 Å². The number of rotatable bonds is 4. The lowest BCUT2D eigenvalue weighted by atomic mass is 10.1. The smallest absolute Gasteiger partial charge is 0.348 e. The summed E-state index contributed by atoms with van der Waals surface area (Å²) in [5, 5.41) is 7.80. The molecule has 0 aliphatic rings. The van der Waals surface area contributed by atoms with Gasteiger partial charge < -0.3 is 15.2 Å². The first-order chi connectivity index (χ1) is 17.5. The Morgan fingerprint density at radius 2 is 1.68 bits per heavy atom. The molecule has 0 atom stereocenters. The van der Waals surface area contributed by atoms with E-state index in [1.54, 1.807) is 24.3 Å². The standard InChI is InChI=1S/C29H25F3N4O/c1-16-12-27(33-21-7-5-6-20(14-21)29(30,31)32)35-25-10-9-22(15-23(16)25)34-28(37)19-8-11-26-24(13-19)17(2)18(3)36(26)4/h5-15H,1-4H3,(H,33,35)(H,34,37). The van der Waals surface area contributed by atoms with E-state index in [0.717, 1.165) is 45.2 Å². The van der Waals surface area contributed by atoms with Crippen LogP contribution in [0.5, 0.6) is 0 Å². The monoisotopic (exact) mass is 502 g/mol. The Hall–Kier alpha value is -4.33. The predicted octanol–water partition coefficient (Wildman–Crippen LogP) is 7.67. The van der Waals surface area contributed by atoms with E-state index in [1.165, 1.54) is 6.07 Å². The van der Waals surface area contributed by atoms with Crippen LogP contribution in [-0.4, -0.2) is 15.5 Å². The number of aromatic nitrogens is 2. The molecule has 2 N–H and O–H groups in total. The van der Waals surface area contributed by atoms with Crippen LogP contribution >= 0.6 is 0 Å². The number of fused-ring (bicyclic) bond motifs is 2. The molecule has 0 spiro atoms. The van der Waals surface area contributed by atoms with Crippen molar-refractivity contribution in [2.45, 2.75) is 26.9 Å². The number of nitrogens with zero attached hydrogens (tertiary/aromatic N) is 2. The first-order valence-electron chi connectivity index (χ1n) is 11.7. The lowest BCUT2D eigenvalue weighted by molar-refractivity contribution is -0.137. The Kier molecular flexibility index (Phi) is 5.90. The number of pyridine rings is 1. The van der Waals surface area contributed by atoms with Gasteiger partial charge in [-0.15, -0.1) is 0 Å². The first kappa shape index (κ1) is 24.4. The van der Waals surface area contributed by atoms with Crippen LogP contribution in [0, 0.1) is 20.8 Å². The first-order valence-corrected chi connectivity index (χ1v) is 11.7. The molecule has 188 valence electrons. The van der Waals surface area contributed by atoms with E-state index in [-0.39, 0.29) is 5.91 Å². The molecule has 0 bridgehead atoms. The molecule has 0 saturated heterocycles. The maximum absolute atomic E-state index is 13.0. The highest BCUT2D eigenvalue weighted by atomic mass is 19.4. The summed E-state index contributed by atoms with van der Waals surface area (Å²) >= 11 is 0. The van der Waals surface area contributed by atoms with Crippen LogP contribution in [0.1, 0.15) is 32.7 Å². The second-order valence-corrected chi connectivity index (χ2v) is 9.22. The molecule has 0 saturated carbocycles. The Balaban J connectivity index is 1.39. The fourth-order valence-electron chi connectivity index (χ4n) is 4.56. The fourth-order valence-corrected chi connectivity index (χ4v) is 4.56. The molecule has 3 aromatic carbocycles. The number of hydrogen-bond donors (Lipinski definition) is 2. The number of nitrogens with one attached hydrogen (secondary N) is 2. The van der Waals surface area contributed by atoms with Gasteiger partial charge in [0, 0.05) is 46.0 Å². The minimum atomic E-state index is -4.42. The Labute approximate surface area is 211 Å². The minimum Gasteiger partial charge on any atom is -0.348 e. The van der Waals surface area contributed by atoms with Gasteiger partial charge in [0.25, 0.3) is 5.91 Å². The maximum Gasteiger partial charge on any atom is 0.416 e. The number of benzene rings is 3. The van der Waals surface area contributed by atoms with Gasteiger partial charge in [0.1, 0.15) is 5.82 Å². The van der Waals surface area contributed by atoms with Crippen LogP contribution in [0.2, 0.25) is 0 Å². The number of anilines is 3. The Morgan fingerprint density at radius 1 is 0.892 bits per heavy atom. The molecule has 8 heteroatoms. The summed E-state index contributed by atoms with van der Waals surface area (Å²) in [6.45, 7) is 6.00. The summed E-state index contributed by atoms with van der Waals surface area (Å²) in [7, 11) is 2.01. The number of carbonyl (C=O) groups is 1. The van der Waals surface area contributed by atoms with Crippen LogP contribution in [0.4, 0.5) is 30.4 Å². The summed E-state index contributed by atoms with van der Waals surface area (Å²) < 4.78 is 41.2. The van der Waals surface area contributed by atoms with Gasteiger partial charge in [-0.25, -0.2) is 4.98 Å². The van der Waals surface area contributed by atoms with E-state index < -0.39 is 11.7 Å². The predicted molar refractivity (Wildman–Crippen MR) is 142 cm³/mol. The van der Waals surface area contributed by atoms with Crippen molar-refractivity contribution in [1.82, 2.24) is 9.55 Å². The van der Waals surface area contributed by atoms with Gasteiger partial charge in [0.2, 0.25) is 0 Å². The topological polar surface area (TPSA) is 59.0 Å². The second-order valence-electron chi connectivity index (χ2n) is 9.22. The number of carbonyl (C=O) groups excluding carboxylic acids is 1. The fraction of sp³-hybridized carbons (Fsp3) is 0.172. The summed E-state index contributed by atoms with van der Waals surface area (Å²) in [5.74, 6) is 0.221. The molecular formula is C29H25F3N4O. The normalized spacial score (nSPS) is 11.8. The highest BCUT2D eigenvalue weighted by molar-refractivity contribution is 6.07. The van der Waals surface area contributed by atoms with E-state index in [1.807, 2.05) is 38.2 Å². The van der Waals surface area contributed by atoms with Gasteiger partial charge in [0.15, 0.2) is 0 Å². The van der Waals surface area contributed by atoms with E-state index in [0.29, 0.717) is 28.3 Å². The molecular weight excluding hydrogens is 477 g/mol. The van der Waals surface area contributed by atoms with E-state index in [2.05, 4.69) is 34.0 Å². The zero-order valence-electron chi connectivity index (χ0n) is 20.8. The average Bonchev–Trinajstić information content (AvgIpc) is 3.07. The molecule has 5 nitrogen and oxygen atoms in total. The molecule has 5 aromatic rings. The molecule has 0 aliphatic carbocycles. The van der Waals surface area contributed by atoms with Gasteiger partial charge in [0.05, 0.1) is 11.1 Å². The van der Waals surface area contributed by atoms with E-state index in [4.69, 9.17) is 0 Å². The van der Waals surface area contributed by atoms with Gasteiger partial charge in [-0.2, -0.15) is 13.2 Å². The van der Waals surface area contributed by atoms with Gasteiger partial charge in [-0.05, 0) is 92.6 Å². The summed E-state index contributed by atoms with van der Waals surface area (Å²) in [4.78, 5) is 17.6. The van der Waals surface area contributed by atoms with Crippen molar-refractivity contribution in [3.8, 4) is 0 Å². The molecule has 0 aliphatic heterocycles. The molecule has 0 radical (unpaired) electrons. The number of aryl methyl sites for hydroxylation is 3. The van der Waals surface area contributed by atoms with Crippen molar-refractivity contribution in [1.29, 1.82) is 0 Å². The number of halogens is 3. The highest BCUT2D eigenvalue weighted by Gasteiger charge is 2.30. The van der Waals surface area contributed by atoms with Gasteiger partial charge in [-0.3, -0.25) is 4.79 Å². The van der Waals surface area contributed by atoms with Crippen molar-refractivity contribution in [2.75, 3.05) is 10.6 Å². The lowest BCUT2D eigenvalue weighted by Crippen LogP contribution is -2.11. The third-order valence-electron chi connectivity index (χ3n) is 6.81. The molecule has 5 rings (SSSR count). The summed E-state index contributed by atoms with van der Waals surface area (Å²) in [6, 6.07) is 17.8. The van der Waals surface area contributed by atoms with Crippen LogP contribution in [0.15, 0.2) is 66.7 Å². The molecule has 0 fully saturated rings. The van der Waals surface area contributed by atoms with Gasteiger partial charge >= 0.3 is 6.18 Å². The van der Waals surface area contributed by atoms with E-state index in [9.17, 15) is 18.0 Å². The third-order valence-corrected chi connectivity index (χ3v) is 6.81. The zero-order chi connectivity index (χ0) is 26.5. The van der Waals surface area contributed by atoms with Crippen LogP contribution in [0.25, 0.3) is 21.8 Å². The maximum atomic E-state index is 13.0. The number of amides is 1. The average molecular weight is 503 g/mol. The highest BCUT2D eigenvalue weighted by Crippen LogP contribution is 2.32. The largest absolute Gasteiger partial charge is 0.416 e. The molecule has 2 aromatic heterocycles. The van der Waals surface area contributed by atoms with Crippen molar-refractivity contribution in [3.05, 3.63) is 94.7 Å². The van der Waals surface area contributed by atoms with Crippen molar-refractivity contribution < 1.29 is 18.0 Å². The molecule has 0 unspecified atom stereocenters. The molecule has 37 heavy (non-hydrogen) atoms. The van der Waals surface area contributed by atoms with Crippen LogP contribution in [-0.2, 0) is 13.2 Å². The Bertz CT molecular complexity index is 1690. The molecule has 1 amide bonds. The Morgan fingerprint density at radius 3 is 2.43 bits per heavy atom. The van der Waals surface area contributed by atoms with Crippen LogP contribution in [0.3, 0.4) is 0 Å². The molecule has 2 heterocycles. The van der Waals surface area contributed by atoms with Crippen molar-refractivity contribution in [2.24, 2.45) is 7.05 Å². The quantitative estimate of drug-likeness (QED) is 0.265. The third kappa shape index (κ3) is 4.62. The van der Waals surface area contributed by atoms with Crippen molar-refractivity contribution >= 4 is 44.9 Å².